The molecule has 1 aromatic carbocycles. The van der Waals surface area contributed by atoms with Crippen LogP contribution >= 0.6 is 0 Å². The summed E-state index contributed by atoms with van der Waals surface area (Å²) in [5.41, 5.74) is 1.89. The molecule has 5 heteroatoms. The van der Waals surface area contributed by atoms with Crippen LogP contribution in [-0.2, 0) is 16.0 Å². The number of carbonyl (C=O) groups excluding carboxylic acids is 1. The van der Waals surface area contributed by atoms with E-state index in [1.807, 2.05) is 31.2 Å². The number of aliphatic carboxylic acids is 1. The van der Waals surface area contributed by atoms with Crippen LogP contribution in [0.15, 0.2) is 24.3 Å². The molecule has 2 rings (SSSR count). The van der Waals surface area contributed by atoms with Crippen LogP contribution in [0.3, 0.4) is 0 Å². The van der Waals surface area contributed by atoms with Crippen LogP contribution in [-0.4, -0.2) is 45.7 Å². The minimum atomic E-state index is -1.06. The molecule has 1 aliphatic rings. The second-order valence-electron chi connectivity index (χ2n) is 4.89. The van der Waals surface area contributed by atoms with Gasteiger partial charge in [0, 0.05) is 13.0 Å². The maximum absolute atomic E-state index is 12.2. The number of rotatable bonds is 3. The van der Waals surface area contributed by atoms with E-state index in [1.165, 1.54) is 4.90 Å². The van der Waals surface area contributed by atoms with Gasteiger partial charge in [-0.15, -0.1) is 0 Å². The molecule has 0 radical (unpaired) electrons. The summed E-state index contributed by atoms with van der Waals surface area (Å²) in [6.07, 6.45) is -0.472. The molecule has 1 aliphatic heterocycles. The lowest BCUT2D eigenvalue weighted by Gasteiger charge is -2.21. The summed E-state index contributed by atoms with van der Waals surface area (Å²) in [6, 6.07) is 6.60. The Kier molecular flexibility index (Phi) is 3.85. The first-order valence-corrected chi connectivity index (χ1v) is 6.24. The second-order valence-corrected chi connectivity index (χ2v) is 4.89. The number of carboxylic acids is 1. The van der Waals surface area contributed by atoms with Crippen LogP contribution in [0.4, 0.5) is 0 Å². The standard InChI is InChI=1S/C14H17NO4/c1-9-4-2-3-5-10(9)6-13(17)15-8-11(16)7-12(15)14(18)19/h2-5,11-12,16H,6-8H2,1H3,(H,18,19)/t11-,12-/m1/s1. The third kappa shape index (κ3) is 2.93. The third-order valence-electron chi connectivity index (χ3n) is 3.49. The summed E-state index contributed by atoms with van der Waals surface area (Å²) in [7, 11) is 0. The fraction of sp³-hybridized carbons (Fsp3) is 0.429. The van der Waals surface area contributed by atoms with Crippen molar-refractivity contribution >= 4 is 11.9 Å². The van der Waals surface area contributed by atoms with Gasteiger partial charge in [-0.2, -0.15) is 0 Å². The molecular weight excluding hydrogens is 246 g/mol. The van der Waals surface area contributed by atoms with Crippen LogP contribution < -0.4 is 0 Å². The van der Waals surface area contributed by atoms with Crippen LogP contribution in [0.25, 0.3) is 0 Å². The first kappa shape index (κ1) is 13.5. The number of aryl methyl sites for hydroxylation is 1. The Morgan fingerprint density at radius 1 is 1.37 bits per heavy atom. The number of amides is 1. The molecule has 1 aromatic rings. The van der Waals surface area contributed by atoms with Gasteiger partial charge in [0.2, 0.25) is 5.91 Å². The average molecular weight is 263 g/mol. The van der Waals surface area contributed by atoms with Crippen molar-refractivity contribution in [2.75, 3.05) is 6.54 Å². The summed E-state index contributed by atoms with van der Waals surface area (Å²) < 4.78 is 0. The highest BCUT2D eigenvalue weighted by molar-refractivity contribution is 5.85. The zero-order valence-electron chi connectivity index (χ0n) is 10.7. The molecular formula is C14H17NO4. The zero-order chi connectivity index (χ0) is 14.0. The van der Waals surface area contributed by atoms with E-state index >= 15 is 0 Å². The molecule has 2 N–H and O–H groups in total. The summed E-state index contributed by atoms with van der Waals surface area (Å²) in [5, 5.41) is 18.6. The third-order valence-corrected chi connectivity index (χ3v) is 3.49. The number of carboxylic acid groups (broad SMARTS) is 1. The lowest BCUT2D eigenvalue weighted by Crippen LogP contribution is -2.41. The minimum absolute atomic E-state index is 0.0989. The van der Waals surface area contributed by atoms with E-state index < -0.39 is 18.1 Å². The van der Waals surface area contributed by atoms with Crippen molar-refractivity contribution in [3.8, 4) is 0 Å². The Bertz CT molecular complexity index is 500. The lowest BCUT2D eigenvalue weighted by atomic mass is 10.1. The van der Waals surface area contributed by atoms with Crippen molar-refractivity contribution in [1.29, 1.82) is 0 Å². The monoisotopic (exact) mass is 263 g/mol. The highest BCUT2D eigenvalue weighted by Gasteiger charge is 2.38. The molecule has 0 bridgehead atoms. The molecule has 5 nitrogen and oxygen atoms in total. The van der Waals surface area contributed by atoms with Gasteiger partial charge in [0.25, 0.3) is 0 Å². The SMILES string of the molecule is Cc1ccccc1CC(=O)N1C[C@H](O)C[C@@H]1C(=O)O. The van der Waals surface area contributed by atoms with Crippen molar-refractivity contribution in [1.82, 2.24) is 4.90 Å². The van der Waals surface area contributed by atoms with E-state index in [0.717, 1.165) is 11.1 Å². The van der Waals surface area contributed by atoms with Gasteiger partial charge in [-0.3, -0.25) is 4.79 Å². The molecule has 1 heterocycles. The summed E-state index contributed by atoms with van der Waals surface area (Å²) in [6.45, 7) is 2.01. The zero-order valence-corrected chi connectivity index (χ0v) is 10.7. The highest BCUT2D eigenvalue weighted by Crippen LogP contribution is 2.20. The van der Waals surface area contributed by atoms with Crippen molar-refractivity contribution in [3.63, 3.8) is 0 Å². The fourth-order valence-electron chi connectivity index (χ4n) is 2.40. The largest absolute Gasteiger partial charge is 0.480 e. The highest BCUT2D eigenvalue weighted by atomic mass is 16.4. The Morgan fingerprint density at radius 3 is 2.68 bits per heavy atom. The summed E-state index contributed by atoms with van der Waals surface area (Å²) in [5.74, 6) is -1.31. The maximum atomic E-state index is 12.2. The molecule has 0 aliphatic carbocycles. The summed E-state index contributed by atoms with van der Waals surface area (Å²) >= 11 is 0. The van der Waals surface area contributed by atoms with Gasteiger partial charge >= 0.3 is 5.97 Å². The Labute approximate surface area is 111 Å². The van der Waals surface area contributed by atoms with Crippen molar-refractivity contribution < 1.29 is 19.8 Å². The molecule has 0 aromatic heterocycles. The van der Waals surface area contributed by atoms with Gasteiger partial charge in [0.1, 0.15) is 6.04 Å². The van der Waals surface area contributed by atoms with E-state index in [4.69, 9.17) is 5.11 Å². The van der Waals surface area contributed by atoms with E-state index in [-0.39, 0.29) is 25.3 Å². The van der Waals surface area contributed by atoms with Crippen molar-refractivity contribution in [2.45, 2.75) is 31.9 Å². The first-order valence-electron chi connectivity index (χ1n) is 6.24. The molecule has 1 fully saturated rings. The molecule has 1 saturated heterocycles. The van der Waals surface area contributed by atoms with Gasteiger partial charge in [0.15, 0.2) is 0 Å². The van der Waals surface area contributed by atoms with Crippen LogP contribution in [0.5, 0.6) is 0 Å². The molecule has 0 spiro atoms. The number of hydrogen-bond acceptors (Lipinski definition) is 3. The number of nitrogens with zero attached hydrogens (tertiary/aromatic N) is 1. The van der Waals surface area contributed by atoms with E-state index in [2.05, 4.69) is 0 Å². The molecule has 2 atom stereocenters. The molecule has 102 valence electrons. The number of benzene rings is 1. The average Bonchev–Trinajstić information content (AvgIpc) is 2.74. The van der Waals surface area contributed by atoms with E-state index in [9.17, 15) is 14.7 Å². The molecule has 0 saturated carbocycles. The fourth-order valence-corrected chi connectivity index (χ4v) is 2.40. The number of hydrogen-bond donors (Lipinski definition) is 2. The van der Waals surface area contributed by atoms with Crippen LogP contribution in [0.2, 0.25) is 0 Å². The molecule has 1 amide bonds. The Morgan fingerprint density at radius 2 is 2.05 bits per heavy atom. The Balaban J connectivity index is 2.11. The number of aliphatic hydroxyl groups excluding tert-OH is 1. The number of β-amino-alcohol motifs (C(OH)–C–C–N with tert-alkyl or cyclic N) is 1. The first-order chi connectivity index (χ1) is 8.99. The maximum Gasteiger partial charge on any atom is 0.326 e. The normalized spacial score (nSPS) is 22.5. The number of aliphatic hydroxyl groups is 1. The quantitative estimate of drug-likeness (QED) is 0.836. The Hall–Kier alpha value is -1.88. The minimum Gasteiger partial charge on any atom is -0.480 e. The van der Waals surface area contributed by atoms with Gasteiger partial charge in [-0.1, -0.05) is 24.3 Å². The van der Waals surface area contributed by atoms with E-state index in [0.29, 0.717) is 0 Å². The smallest absolute Gasteiger partial charge is 0.326 e. The molecule has 19 heavy (non-hydrogen) atoms. The van der Waals surface area contributed by atoms with E-state index in [1.54, 1.807) is 0 Å². The van der Waals surface area contributed by atoms with Crippen molar-refractivity contribution in [3.05, 3.63) is 35.4 Å². The molecule has 0 unspecified atom stereocenters. The van der Waals surface area contributed by atoms with Crippen LogP contribution in [0.1, 0.15) is 17.5 Å². The number of carbonyl (C=O) groups is 2. The number of likely N-dealkylation sites (tertiary alicyclic amines) is 1. The predicted octanol–water partition coefficient (Wildman–Crippen LogP) is 0.584. The van der Waals surface area contributed by atoms with Gasteiger partial charge in [-0.05, 0) is 18.1 Å². The van der Waals surface area contributed by atoms with Gasteiger partial charge < -0.3 is 15.1 Å². The second kappa shape index (κ2) is 5.40. The predicted molar refractivity (Wildman–Crippen MR) is 68.6 cm³/mol. The van der Waals surface area contributed by atoms with Crippen LogP contribution in [0, 0.1) is 6.92 Å². The topological polar surface area (TPSA) is 77.8 Å². The lowest BCUT2D eigenvalue weighted by molar-refractivity contribution is -0.148. The van der Waals surface area contributed by atoms with Gasteiger partial charge in [0.05, 0.1) is 12.5 Å². The summed E-state index contributed by atoms with van der Waals surface area (Å²) in [4.78, 5) is 24.5. The van der Waals surface area contributed by atoms with Crippen molar-refractivity contribution in [2.24, 2.45) is 0 Å². The van der Waals surface area contributed by atoms with Gasteiger partial charge in [-0.25, -0.2) is 4.79 Å².